The highest BCUT2D eigenvalue weighted by molar-refractivity contribution is 7.90. The topological polar surface area (TPSA) is 97.8 Å². The largest absolute Gasteiger partial charge is 0.480 e. The molecule has 1 heterocycles. The Morgan fingerprint density at radius 2 is 2.00 bits per heavy atom. The van der Waals surface area contributed by atoms with E-state index in [2.05, 4.69) is 10.3 Å². The predicted octanol–water partition coefficient (Wildman–Crippen LogP) is 3.36. The zero-order valence-corrected chi connectivity index (χ0v) is 19.0. The molecule has 1 aromatic carbocycles. The smallest absolute Gasteiger partial charge is 0.254 e. The van der Waals surface area contributed by atoms with E-state index >= 15 is 0 Å². The minimum absolute atomic E-state index is 0.0393. The molecule has 0 atom stereocenters. The molecule has 1 aromatic heterocycles. The number of pyridine rings is 1. The molecule has 0 bridgehead atoms. The van der Waals surface area contributed by atoms with Crippen molar-refractivity contribution in [2.45, 2.75) is 25.0 Å². The van der Waals surface area contributed by atoms with Crippen molar-refractivity contribution >= 4 is 27.5 Å². The molecule has 1 amide bonds. The van der Waals surface area contributed by atoms with Gasteiger partial charge in [0.2, 0.25) is 15.9 Å². The van der Waals surface area contributed by atoms with Crippen LogP contribution in [0.2, 0.25) is 5.02 Å². The second kappa shape index (κ2) is 9.97. The number of hydrogen-bond acceptors (Lipinski definition) is 6. The Kier molecular flexibility index (Phi) is 7.52. The Labute approximate surface area is 189 Å². The molecule has 32 heavy (non-hydrogen) atoms. The van der Waals surface area contributed by atoms with Gasteiger partial charge in [0.25, 0.3) is 5.91 Å². The monoisotopic (exact) mass is 489 g/mol. The summed E-state index contributed by atoms with van der Waals surface area (Å²) in [6, 6.07) is 2.76. The number of aromatic nitrogens is 1. The average Bonchev–Trinajstić information content (AvgIpc) is 3.59. The summed E-state index contributed by atoms with van der Waals surface area (Å²) >= 11 is 5.93. The first-order valence-corrected chi connectivity index (χ1v) is 11.7. The van der Waals surface area contributed by atoms with E-state index in [1.165, 1.54) is 23.7 Å². The summed E-state index contributed by atoms with van der Waals surface area (Å²) in [4.78, 5) is 16.2. The molecule has 3 rings (SSSR count). The van der Waals surface area contributed by atoms with Crippen LogP contribution in [0.4, 0.5) is 8.78 Å². The van der Waals surface area contributed by atoms with E-state index in [1.54, 1.807) is 6.92 Å². The Morgan fingerprint density at radius 3 is 2.59 bits per heavy atom. The summed E-state index contributed by atoms with van der Waals surface area (Å²) in [5, 5.41) is 2.17. The molecule has 1 saturated carbocycles. The van der Waals surface area contributed by atoms with Crippen LogP contribution in [-0.4, -0.2) is 55.6 Å². The molecule has 0 radical (unpaired) electrons. The molecule has 0 saturated heterocycles. The number of halogens is 3. The SMILES string of the molecule is CCN(CCNC(=O)c1cc(F)c(Oc2cnc(OC)c(Cl)c2)cc1F)S(=O)(=O)C1CC1. The Morgan fingerprint density at radius 1 is 1.28 bits per heavy atom. The van der Waals surface area contributed by atoms with E-state index < -0.39 is 38.9 Å². The summed E-state index contributed by atoms with van der Waals surface area (Å²) in [5.41, 5.74) is -0.533. The van der Waals surface area contributed by atoms with Gasteiger partial charge in [-0.1, -0.05) is 18.5 Å². The Hall–Kier alpha value is -2.50. The second-order valence-electron chi connectivity index (χ2n) is 7.02. The molecule has 1 N–H and O–H groups in total. The lowest BCUT2D eigenvalue weighted by atomic mass is 10.1. The third kappa shape index (κ3) is 5.45. The molecule has 1 aliphatic rings. The Bertz CT molecular complexity index is 1110. The normalized spacial score (nSPS) is 13.8. The lowest BCUT2D eigenvalue weighted by molar-refractivity contribution is 0.0947. The molecule has 174 valence electrons. The number of ether oxygens (including phenoxy) is 2. The minimum atomic E-state index is -3.39. The van der Waals surface area contributed by atoms with Crippen molar-refractivity contribution in [1.29, 1.82) is 0 Å². The van der Waals surface area contributed by atoms with E-state index in [9.17, 15) is 22.0 Å². The maximum atomic E-state index is 14.5. The zero-order chi connectivity index (χ0) is 23.5. The van der Waals surface area contributed by atoms with Crippen LogP contribution in [0.15, 0.2) is 24.4 Å². The maximum Gasteiger partial charge on any atom is 0.254 e. The third-order valence-corrected chi connectivity index (χ3v) is 7.52. The van der Waals surface area contributed by atoms with Gasteiger partial charge >= 0.3 is 0 Å². The van der Waals surface area contributed by atoms with E-state index in [0.717, 1.165) is 6.07 Å². The standard InChI is InChI=1S/C20H22ClF2N3O5S/c1-3-26(32(28,29)13-4-5-13)7-6-24-19(27)14-9-17(23)18(10-16(14)22)31-12-8-15(21)20(30-2)25-11-12/h8-11,13H,3-7H2,1-2H3,(H,24,27). The van der Waals surface area contributed by atoms with Gasteiger partial charge in [-0.3, -0.25) is 4.79 Å². The molecule has 12 heteroatoms. The number of methoxy groups -OCH3 is 1. The summed E-state index contributed by atoms with van der Waals surface area (Å²) in [5.74, 6) is -3.14. The fraction of sp³-hybridized carbons (Fsp3) is 0.400. The van der Waals surface area contributed by atoms with Crippen molar-refractivity contribution in [2.75, 3.05) is 26.7 Å². The summed E-state index contributed by atoms with van der Waals surface area (Å²) in [7, 11) is -2.01. The van der Waals surface area contributed by atoms with Crippen molar-refractivity contribution in [1.82, 2.24) is 14.6 Å². The van der Waals surface area contributed by atoms with Crippen molar-refractivity contribution < 1.29 is 31.5 Å². The third-order valence-electron chi connectivity index (χ3n) is 4.77. The number of hydrogen-bond donors (Lipinski definition) is 1. The van der Waals surface area contributed by atoms with Crippen molar-refractivity contribution in [3.05, 3.63) is 46.6 Å². The van der Waals surface area contributed by atoms with Crippen LogP contribution in [-0.2, 0) is 10.0 Å². The van der Waals surface area contributed by atoms with Crippen LogP contribution in [0, 0.1) is 11.6 Å². The van der Waals surface area contributed by atoms with E-state index in [1.807, 2.05) is 0 Å². The number of benzene rings is 1. The van der Waals surface area contributed by atoms with Gasteiger partial charge in [0.1, 0.15) is 16.6 Å². The Balaban J connectivity index is 1.65. The van der Waals surface area contributed by atoms with Crippen LogP contribution < -0.4 is 14.8 Å². The van der Waals surface area contributed by atoms with Gasteiger partial charge in [0.15, 0.2) is 11.6 Å². The van der Waals surface area contributed by atoms with Crippen LogP contribution >= 0.6 is 11.6 Å². The fourth-order valence-electron chi connectivity index (χ4n) is 2.95. The van der Waals surface area contributed by atoms with Crippen LogP contribution in [0.1, 0.15) is 30.1 Å². The average molecular weight is 490 g/mol. The molecule has 0 unspecified atom stereocenters. The quantitative estimate of drug-likeness (QED) is 0.549. The fourth-order valence-corrected chi connectivity index (χ4v) is 5.05. The first-order chi connectivity index (χ1) is 15.2. The lowest BCUT2D eigenvalue weighted by Gasteiger charge is -2.20. The van der Waals surface area contributed by atoms with Crippen LogP contribution in [0.3, 0.4) is 0 Å². The molecule has 1 aliphatic carbocycles. The highest BCUT2D eigenvalue weighted by atomic mass is 35.5. The van der Waals surface area contributed by atoms with Crippen LogP contribution in [0.5, 0.6) is 17.4 Å². The van der Waals surface area contributed by atoms with Crippen LogP contribution in [0.25, 0.3) is 0 Å². The minimum Gasteiger partial charge on any atom is -0.480 e. The number of carbonyl (C=O) groups is 1. The molecule has 0 spiro atoms. The highest BCUT2D eigenvalue weighted by Crippen LogP contribution is 2.32. The first-order valence-electron chi connectivity index (χ1n) is 9.81. The van der Waals surface area contributed by atoms with Gasteiger partial charge in [-0.05, 0) is 18.9 Å². The molecule has 8 nitrogen and oxygen atoms in total. The summed E-state index contributed by atoms with van der Waals surface area (Å²) in [6.07, 6.45) is 2.48. The van der Waals surface area contributed by atoms with E-state index in [4.69, 9.17) is 21.1 Å². The zero-order valence-electron chi connectivity index (χ0n) is 17.4. The number of carbonyl (C=O) groups excluding carboxylic acids is 1. The van der Waals surface area contributed by atoms with Gasteiger partial charge in [-0.25, -0.2) is 26.5 Å². The molecule has 2 aromatic rings. The van der Waals surface area contributed by atoms with Gasteiger partial charge < -0.3 is 14.8 Å². The molecule has 1 fully saturated rings. The first kappa shape index (κ1) is 24.1. The molecule has 0 aliphatic heterocycles. The number of amides is 1. The van der Waals surface area contributed by atoms with Gasteiger partial charge in [-0.2, -0.15) is 0 Å². The summed E-state index contributed by atoms with van der Waals surface area (Å²) in [6.45, 7) is 1.94. The number of likely N-dealkylation sites (N-methyl/N-ethyl adjacent to an activating group) is 1. The van der Waals surface area contributed by atoms with Gasteiger partial charge in [-0.15, -0.1) is 0 Å². The van der Waals surface area contributed by atoms with E-state index in [0.29, 0.717) is 18.9 Å². The van der Waals surface area contributed by atoms with Crippen molar-refractivity contribution in [2.24, 2.45) is 0 Å². The lowest BCUT2D eigenvalue weighted by Crippen LogP contribution is -2.40. The molecular weight excluding hydrogens is 468 g/mol. The maximum absolute atomic E-state index is 14.5. The number of rotatable bonds is 10. The number of nitrogens with zero attached hydrogens (tertiary/aromatic N) is 2. The molecular formula is C20H22ClF2N3O5S. The number of nitrogens with one attached hydrogen (secondary N) is 1. The summed E-state index contributed by atoms with van der Waals surface area (Å²) < 4.78 is 64.9. The van der Waals surface area contributed by atoms with Gasteiger partial charge in [0, 0.05) is 31.8 Å². The van der Waals surface area contributed by atoms with Crippen molar-refractivity contribution in [3.63, 3.8) is 0 Å². The second-order valence-corrected chi connectivity index (χ2v) is 9.64. The van der Waals surface area contributed by atoms with E-state index in [-0.39, 0.29) is 41.5 Å². The highest BCUT2D eigenvalue weighted by Gasteiger charge is 2.39. The van der Waals surface area contributed by atoms with Crippen molar-refractivity contribution in [3.8, 4) is 17.4 Å². The van der Waals surface area contributed by atoms with Gasteiger partial charge in [0.05, 0.1) is 24.1 Å². The number of sulfonamides is 1. The predicted molar refractivity (Wildman–Crippen MR) is 114 cm³/mol.